The molecule has 1 saturated heterocycles. The molecule has 0 radical (unpaired) electrons. The van der Waals surface area contributed by atoms with Gasteiger partial charge in [0.1, 0.15) is 0 Å². The number of nitrogens with one attached hydrogen (secondary N) is 1. The third-order valence-electron chi connectivity index (χ3n) is 4.89. The third kappa shape index (κ3) is 4.85. The van der Waals surface area contributed by atoms with Crippen LogP contribution in [0.15, 0.2) is 29.2 Å². The molecule has 1 aromatic rings. The van der Waals surface area contributed by atoms with E-state index in [4.69, 9.17) is 11.6 Å². The Hall–Kier alpha value is -0.960. The zero-order valence-electron chi connectivity index (χ0n) is 15.0. The summed E-state index contributed by atoms with van der Waals surface area (Å²) >= 11 is 5.83. The molecular weight excluding hydrogens is 396 g/mol. The number of amides is 1. The van der Waals surface area contributed by atoms with Crippen molar-refractivity contribution in [2.45, 2.75) is 42.8 Å². The lowest BCUT2D eigenvalue weighted by molar-refractivity contribution is -0.131. The Bertz CT molecular complexity index is 779. The van der Waals surface area contributed by atoms with Crippen LogP contribution in [-0.2, 0) is 25.6 Å². The van der Waals surface area contributed by atoms with Crippen LogP contribution >= 0.6 is 11.6 Å². The van der Waals surface area contributed by atoms with Crippen molar-refractivity contribution in [3.05, 3.63) is 29.3 Å². The first-order chi connectivity index (χ1) is 12.2. The molecule has 1 aliphatic rings. The van der Waals surface area contributed by atoms with Crippen LogP contribution in [0.2, 0.25) is 5.02 Å². The van der Waals surface area contributed by atoms with Crippen LogP contribution in [0.4, 0.5) is 0 Å². The van der Waals surface area contributed by atoms with E-state index in [9.17, 15) is 17.4 Å². The van der Waals surface area contributed by atoms with Crippen molar-refractivity contribution < 1.29 is 17.4 Å². The standard InChI is InChI=1S/C17H25ClN2O4S2/c1-3-17(4-2)13-20(10-11-25(17)22)16(21)8-9-19-26(23,24)15-7-5-6-14(18)12-15/h5-7,12,19H,3-4,8-11,13H2,1-2H3/t25-/m1/s1. The molecule has 1 aromatic carbocycles. The average molecular weight is 421 g/mol. The van der Waals surface area contributed by atoms with Crippen LogP contribution < -0.4 is 4.72 Å². The fourth-order valence-electron chi connectivity index (χ4n) is 3.08. The minimum Gasteiger partial charge on any atom is -0.340 e. The second kappa shape index (κ2) is 8.82. The van der Waals surface area contributed by atoms with E-state index in [1.54, 1.807) is 17.0 Å². The number of nitrogens with zero attached hydrogens (tertiary/aromatic N) is 1. The molecule has 146 valence electrons. The fraction of sp³-hybridized carbons (Fsp3) is 0.588. The van der Waals surface area contributed by atoms with Gasteiger partial charge >= 0.3 is 0 Å². The summed E-state index contributed by atoms with van der Waals surface area (Å²) in [6, 6.07) is 5.97. The van der Waals surface area contributed by atoms with Crippen molar-refractivity contribution in [2.75, 3.05) is 25.4 Å². The van der Waals surface area contributed by atoms with Gasteiger partial charge in [0.05, 0.1) is 9.64 Å². The van der Waals surface area contributed by atoms with Crippen LogP contribution in [0.25, 0.3) is 0 Å². The van der Waals surface area contributed by atoms with E-state index in [0.29, 0.717) is 23.9 Å². The Kier molecular flexibility index (Phi) is 7.24. The molecule has 0 bridgehead atoms. The Morgan fingerprint density at radius 2 is 2.04 bits per heavy atom. The summed E-state index contributed by atoms with van der Waals surface area (Å²) in [5.41, 5.74) is 0. The lowest BCUT2D eigenvalue weighted by atomic mass is 10.0. The zero-order valence-corrected chi connectivity index (χ0v) is 17.4. The van der Waals surface area contributed by atoms with Crippen LogP contribution in [0, 0.1) is 0 Å². The maximum atomic E-state index is 12.5. The number of hydrogen-bond acceptors (Lipinski definition) is 4. The van der Waals surface area contributed by atoms with Crippen molar-refractivity contribution in [3.8, 4) is 0 Å². The predicted molar refractivity (Wildman–Crippen MR) is 104 cm³/mol. The number of hydrogen-bond donors (Lipinski definition) is 1. The first-order valence-electron chi connectivity index (χ1n) is 8.65. The second-order valence-corrected chi connectivity index (χ2v) is 10.5. The number of sulfonamides is 1. The van der Waals surface area contributed by atoms with E-state index >= 15 is 0 Å². The van der Waals surface area contributed by atoms with Crippen LogP contribution in [0.1, 0.15) is 33.1 Å². The first-order valence-corrected chi connectivity index (χ1v) is 11.8. The normalized spacial score (nSPS) is 20.1. The summed E-state index contributed by atoms with van der Waals surface area (Å²) in [5, 5.41) is 0.334. The van der Waals surface area contributed by atoms with E-state index in [0.717, 1.165) is 12.8 Å². The second-order valence-electron chi connectivity index (χ2n) is 6.36. The highest BCUT2D eigenvalue weighted by Gasteiger charge is 2.40. The lowest BCUT2D eigenvalue weighted by Gasteiger charge is -2.41. The maximum absolute atomic E-state index is 12.5. The minimum absolute atomic E-state index is 0.0124. The molecule has 0 aromatic heterocycles. The van der Waals surface area contributed by atoms with E-state index < -0.39 is 20.8 Å². The van der Waals surface area contributed by atoms with Gasteiger partial charge in [-0.25, -0.2) is 13.1 Å². The van der Waals surface area contributed by atoms with Gasteiger partial charge in [-0.2, -0.15) is 0 Å². The molecule has 2 rings (SSSR count). The Balaban J connectivity index is 1.93. The molecule has 0 spiro atoms. The van der Waals surface area contributed by atoms with Crippen LogP contribution in [0.5, 0.6) is 0 Å². The number of rotatable bonds is 7. The highest BCUT2D eigenvalue weighted by molar-refractivity contribution is 7.89. The van der Waals surface area contributed by atoms with E-state index in [1.807, 2.05) is 13.8 Å². The summed E-state index contributed by atoms with van der Waals surface area (Å²) in [5.74, 6) is 0.351. The monoisotopic (exact) mass is 420 g/mol. The molecule has 9 heteroatoms. The van der Waals surface area contributed by atoms with Gasteiger partial charge in [-0.1, -0.05) is 31.5 Å². The van der Waals surface area contributed by atoms with Crippen molar-refractivity contribution in [1.29, 1.82) is 0 Å². The number of carbonyl (C=O) groups excluding carboxylic acids is 1. The van der Waals surface area contributed by atoms with Gasteiger partial charge in [-0.3, -0.25) is 9.00 Å². The zero-order chi connectivity index (χ0) is 19.4. The van der Waals surface area contributed by atoms with Gasteiger partial charge in [0, 0.05) is 47.6 Å². The lowest BCUT2D eigenvalue weighted by Crippen LogP contribution is -2.54. The highest BCUT2D eigenvalue weighted by atomic mass is 35.5. The van der Waals surface area contributed by atoms with Gasteiger partial charge in [0.15, 0.2) is 0 Å². The Morgan fingerprint density at radius 3 is 2.65 bits per heavy atom. The summed E-state index contributed by atoms with van der Waals surface area (Å²) in [4.78, 5) is 14.3. The van der Waals surface area contributed by atoms with Gasteiger partial charge in [0.25, 0.3) is 0 Å². The SMILES string of the molecule is CCC1(CC)CN(C(=O)CCNS(=O)(=O)c2cccc(Cl)c2)CC[S@]1=O. The molecule has 1 aliphatic heterocycles. The first kappa shape index (κ1) is 21.3. The molecule has 1 atom stereocenters. The maximum Gasteiger partial charge on any atom is 0.240 e. The van der Waals surface area contributed by atoms with Gasteiger partial charge in [0.2, 0.25) is 15.9 Å². The number of halogens is 1. The van der Waals surface area contributed by atoms with Crippen molar-refractivity contribution in [2.24, 2.45) is 0 Å². The molecule has 1 N–H and O–H groups in total. The van der Waals surface area contributed by atoms with E-state index in [2.05, 4.69) is 4.72 Å². The Labute approximate surface area is 162 Å². The van der Waals surface area contributed by atoms with Gasteiger partial charge in [-0.05, 0) is 31.0 Å². The fourth-order valence-corrected chi connectivity index (χ4v) is 6.18. The summed E-state index contributed by atoms with van der Waals surface area (Å²) in [7, 11) is -4.64. The molecule has 0 unspecified atom stereocenters. The largest absolute Gasteiger partial charge is 0.340 e. The molecule has 1 fully saturated rings. The molecule has 0 saturated carbocycles. The van der Waals surface area contributed by atoms with Crippen LogP contribution in [0.3, 0.4) is 0 Å². The Morgan fingerprint density at radius 1 is 1.35 bits per heavy atom. The minimum atomic E-state index is -3.70. The third-order valence-corrected chi connectivity index (χ3v) is 8.81. The highest BCUT2D eigenvalue weighted by Crippen LogP contribution is 2.28. The van der Waals surface area contributed by atoms with E-state index in [-0.39, 0.29) is 28.5 Å². The molecule has 6 nitrogen and oxygen atoms in total. The molecule has 1 amide bonds. The topological polar surface area (TPSA) is 83.6 Å². The van der Waals surface area contributed by atoms with Crippen molar-refractivity contribution >= 4 is 38.3 Å². The molecule has 1 heterocycles. The van der Waals surface area contributed by atoms with Crippen molar-refractivity contribution in [1.82, 2.24) is 9.62 Å². The van der Waals surface area contributed by atoms with Gasteiger partial charge < -0.3 is 4.90 Å². The number of benzene rings is 1. The number of carbonyl (C=O) groups is 1. The van der Waals surface area contributed by atoms with Gasteiger partial charge in [-0.15, -0.1) is 0 Å². The van der Waals surface area contributed by atoms with E-state index in [1.165, 1.54) is 12.1 Å². The quantitative estimate of drug-likeness (QED) is 0.732. The summed E-state index contributed by atoms with van der Waals surface area (Å²) < 4.78 is 38.9. The molecule has 26 heavy (non-hydrogen) atoms. The van der Waals surface area contributed by atoms with Crippen LogP contribution in [-0.4, -0.2) is 53.6 Å². The average Bonchev–Trinajstić information content (AvgIpc) is 2.62. The molecule has 0 aliphatic carbocycles. The molecular formula is C17H25ClN2O4S2. The summed E-state index contributed by atoms with van der Waals surface area (Å²) in [6.45, 7) is 4.92. The van der Waals surface area contributed by atoms with Crippen molar-refractivity contribution in [3.63, 3.8) is 0 Å². The summed E-state index contributed by atoms with van der Waals surface area (Å²) in [6.07, 6.45) is 1.57. The predicted octanol–water partition coefficient (Wildman–Crippen LogP) is 2.16. The smallest absolute Gasteiger partial charge is 0.240 e.